The Kier molecular flexibility index (Phi) is 15.3. The second-order valence-electron chi connectivity index (χ2n) is 14.9. The third-order valence-corrected chi connectivity index (χ3v) is 11.7. The van der Waals surface area contributed by atoms with Crippen LogP contribution in [0.4, 0.5) is 0 Å². The fourth-order valence-electron chi connectivity index (χ4n) is 7.66. The number of ether oxygens (including phenoxy) is 3. The topological polar surface area (TPSA) is 109 Å². The van der Waals surface area contributed by atoms with E-state index in [1.807, 2.05) is 59.7 Å². The summed E-state index contributed by atoms with van der Waals surface area (Å²) in [4.78, 5) is 31.4. The molecule has 3 aliphatic rings. The van der Waals surface area contributed by atoms with Gasteiger partial charge in [-0.2, -0.15) is 0 Å². The van der Waals surface area contributed by atoms with Gasteiger partial charge in [0.1, 0.15) is 12.2 Å². The van der Waals surface area contributed by atoms with Crippen LogP contribution in [0.2, 0.25) is 0 Å². The first-order chi connectivity index (χ1) is 23.3. The molecule has 2 N–H and O–H groups in total. The van der Waals surface area contributed by atoms with E-state index in [2.05, 4.69) is 57.8 Å². The number of ketones is 1. The highest BCUT2D eigenvalue weighted by atomic mass is 127. The monoisotopic (exact) mass is 794 g/mol. The van der Waals surface area contributed by atoms with Crippen molar-refractivity contribution >= 4 is 34.3 Å². The normalized spacial score (nSPS) is 37.4. The summed E-state index contributed by atoms with van der Waals surface area (Å²) in [5.74, 6) is -1.45. The van der Waals surface area contributed by atoms with Crippen LogP contribution in [0.25, 0.3) is 0 Å². The van der Waals surface area contributed by atoms with Crippen molar-refractivity contribution in [2.45, 2.75) is 123 Å². The Balaban J connectivity index is 1.69. The largest absolute Gasteiger partial charge is 0.462 e. The molecule has 0 spiro atoms. The lowest BCUT2D eigenvalue weighted by Gasteiger charge is -2.44. The van der Waals surface area contributed by atoms with Crippen LogP contribution in [0.5, 0.6) is 0 Å². The van der Waals surface area contributed by atoms with Gasteiger partial charge < -0.3 is 29.3 Å². The Bertz CT molecular complexity index is 1280. The lowest BCUT2D eigenvalue weighted by Crippen LogP contribution is -2.56. The molecule has 274 valence electrons. The Labute approximate surface area is 307 Å². The van der Waals surface area contributed by atoms with Gasteiger partial charge in [-0.25, -0.2) is 0 Å². The number of carbonyl (C=O) groups is 2. The molecule has 0 saturated carbocycles. The minimum Gasteiger partial charge on any atom is -0.462 e. The maximum absolute atomic E-state index is 13.6. The number of cyclic esters (lactones) is 1. The van der Waals surface area contributed by atoms with Gasteiger partial charge in [0.05, 0.1) is 24.7 Å². The zero-order valence-corrected chi connectivity index (χ0v) is 32.6. The molecule has 49 heavy (non-hydrogen) atoms. The summed E-state index contributed by atoms with van der Waals surface area (Å²) >= 11 is 2.30. The number of nitrogens with zero attached hydrogens (tertiary/aromatic N) is 2. The predicted molar refractivity (Wildman–Crippen MR) is 200 cm³/mol. The number of likely N-dealkylation sites (N-methyl/N-ethyl adjacent to an activating group) is 1. The van der Waals surface area contributed by atoms with Crippen molar-refractivity contribution in [2.75, 3.05) is 25.1 Å². The third-order valence-electron chi connectivity index (χ3n) is 10.7. The van der Waals surface area contributed by atoms with E-state index in [9.17, 15) is 19.8 Å². The van der Waals surface area contributed by atoms with E-state index in [0.717, 1.165) is 29.6 Å². The van der Waals surface area contributed by atoms with Crippen molar-refractivity contribution in [3.8, 4) is 0 Å². The average molecular weight is 795 g/mol. The van der Waals surface area contributed by atoms with Crippen molar-refractivity contribution in [2.24, 2.45) is 23.7 Å². The quantitative estimate of drug-likeness (QED) is 0.195. The number of hydrogen-bond acceptors (Lipinski definition) is 9. The molecule has 1 fully saturated rings. The molecule has 0 amide bonds. The molecule has 3 heterocycles. The van der Waals surface area contributed by atoms with Gasteiger partial charge in [-0.05, 0) is 83.3 Å². The zero-order valence-electron chi connectivity index (χ0n) is 30.5. The van der Waals surface area contributed by atoms with Crippen molar-refractivity contribution < 1.29 is 34.0 Å². The number of carbonyl (C=O) groups excluding carboxylic acids is 2. The number of halogens is 1. The van der Waals surface area contributed by atoms with Crippen LogP contribution in [0, 0.1) is 23.7 Å². The highest BCUT2D eigenvalue weighted by Crippen LogP contribution is 2.35. The van der Waals surface area contributed by atoms with Crippen molar-refractivity contribution in [3.05, 3.63) is 59.2 Å². The minimum absolute atomic E-state index is 0.0250. The molecule has 1 saturated heterocycles. The van der Waals surface area contributed by atoms with E-state index >= 15 is 0 Å². The first-order valence-corrected chi connectivity index (χ1v) is 19.6. The average Bonchev–Trinajstić information content (AvgIpc) is 3.49. The Morgan fingerprint density at radius 2 is 1.71 bits per heavy atom. The van der Waals surface area contributed by atoms with Gasteiger partial charge in [0.25, 0.3) is 0 Å². The van der Waals surface area contributed by atoms with Crippen LogP contribution < -0.4 is 0 Å². The number of alkyl halides is 1. The van der Waals surface area contributed by atoms with Gasteiger partial charge in [0.2, 0.25) is 0 Å². The lowest BCUT2D eigenvalue weighted by atomic mass is 9.79. The van der Waals surface area contributed by atoms with Crippen LogP contribution in [-0.4, -0.2) is 99.7 Å². The van der Waals surface area contributed by atoms with Gasteiger partial charge in [-0.3, -0.25) is 14.5 Å². The molecule has 10 heteroatoms. The molecule has 0 radical (unpaired) electrons. The van der Waals surface area contributed by atoms with Gasteiger partial charge >= 0.3 is 5.97 Å². The molecule has 1 aromatic carbocycles. The number of esters is 1. The molecule has 1 aromatic rings. The molecule has 11 atom stereocenters. The fourth-order valence-corrected chi connectivity index (χ4v) is 8.48. The first-order valence-electron chi connectivity index (χ1n) is 18.1. The van der Waals surface area contributed by atoms with Crippen LogP contribution >= 0.6 is 22.6 Å². The number of fused-ring (bicyclic) bond motifs is 1. The Morgan fingerprint density at radius 1 is 1.04 bits per heavy atom. The van der Waals surface area contributed by atoms with Crippen LogP contribution in [0.15, 0.2) is 48.1 Å². The number of benzene rings is 1. The number of rotatable bonds is 8. The second-order valence-corrected chi connectivity index (χ2v) is 15.8. The summed E-state index contributed by atoms with van der Waals surface area (Å²) < 4.78 is 19.8. The molecular formula is C39H59IN2O7. The number of hydrogen-bond donors (Lipinski definition) is 2. The van der Waals surface area contributed by atoms with Crippen molar-refractivity contribution in [1.82, 2.24) is 9.80 Å². The highest BCUT2D eigenvalue weighted by molar-refractivity contribution is 14.1. The fraction of sp³-hybridized carbons (Fsp3) is 0.692. The molecule has 9 nitrogen and oxygen atoms in total. The molecule has 4 rings (SSSR count). The summed E-state index contributed by atoms with van der Waals surface area (Å²) in [5, 5.41) is 23.2. The van der Waals surface area contributed by atoms with E-state index in [-0.39, 0.29) is 48.2 Å². The maximum atomic E-state index is 13.6. The molecular weight excluding hydrogens is 735 g/mol. The standard InChI is InChI=1S/C39H59IN2O7/c1-8-35-31(21-40)17-24(2)13-14-33(43)25(3)18-28(15-16-42-22-29-11-9-10-12-30(29)23-42)38(27(5)34(44)20-36(45)48-35)49-39-37(46)32(41(6)7)19-26(4)47-39/h9-14,17,25-28,31-32,34-35,37-39,44,46H,8,15-16,18-23H2,1-7H3/b14-13+,24-17+/t25-,26-,27+,28+,31-,32+,34-,35-,37-,38-,39+/m1/s1. The summed E-state index contributed by atoms with van der Waals surface area (Å²) in [7, 11) is 3.88. The van der Waals surface area contributed by atoms with Gasteiger partial charge in [-0.15, -0.1) is 0 Å². The Morgan fingerprint density at radius 3 is 2.33 bits per heavy atom. The molecule has 0 bridgehead atoms. The molecule has 0 unspecified atom stereocenters. The summed E-state index contributed by atoms with van der Waals surface area (Å²) in [5.41, 5.74) is 3.59. The number of allylic oxidation sites excluding steroid dienone is 3. The predicted octanol–water partition coefficient (Wildman–Crippen LogP) is 5.69. The van der Waals surface area contributed by atoms with E-state index in [1.54, 1.807) is 6.08 Å². The zero-order chi connectivity index (χ0) is 35.8. The van der Waals surface area contributed by atoms with E-state index < -0.39 is 36.5 Å². The van der Waals surface area contributed by atoms with E-state index in [0.29, 0.717) is 25.7 Å². The van der Waals surface area contributed by atoms with Crippen LogP contribution in [0.3, 0.4) is 0 Å². The van der Waals surface area contributed by atoms with Crippen molar-refractivity contribution in [3.63, 3.8) is 0 Å². The lowest BCUT2D eigenvalue weighted by molar-refractivity contribution is -0.283. The Hall–Kier alpha value is -1.67. The SMILES string of the molecule is CC[C@H]1OC(=O)C[C@@H](O)[C@H](C)[C@@H](O[C@@H]2O[C@H](C)C[C@H](N(C)C)[C@H]2O)[C@@H](CCN2Cc3ccccc3C2)C[C@@H](C)C(=O)/C=C/C(C)=C/[C@@H]1CI. The minimum atomic E-state index is -1.06. The first kappa shape index (κ1) is 40.1. The maximum Gasteiger partial charge on any atom is 0.308 e. The second kappa shape index (κ2) is 18.7. The van der Waals surface area contributed by atoms with E-state index in [4.69, 9.17) is 14.2 Å². The van der Waals surface area contributed by atoms with Crippen LogP contribution in [-0.2, 0) is 36.9 Å². The number of aliphatic hydroxyl groups excluding tert-OH is 2. The molecule has 3 aliphatic heterocycles. The highest BCUT2D eigenvalue weighted by Gasteiger charge is 2.43. The third kappa shape index (κ3) is 10.9. The van der Waals surface area contributed by atoms with Crippen molar-refractivity contribution in [1.29, 1.82) is 0 Å². The van der Waals surface area contributed by atoms with Gasteiger partial charge in [-0.1, -0.05) is 85.4 Å². The molecule has 0 aliphatic carbocycles. The molecule has 0 aromatic heterocycles. The summed E-state index contributed by atoms with van der Waals surface area (Å²) in [6, 6.07) is 8.31. The summed E-state index contributed by atoms with van der Waals surface area (Å²) in [6.45, 7) is 12.3. The number of aliphatic hydroxyl groups is 2. The van der Waals surface area contributed by atoms with Gasteiger partial charge in [0.15, 0.2) is 12.1 Å². The smallest absolute Gasteiger partial charge is 0.308 e. The van der Waals surface area contributed by atoms with E-state index in [1.165, 1.54) is 11.1 Å². The van der Waals surface area contributed by atoms with Gasteiger partial charge in [0, 0.05) is 41.3 Å². The van der Waals surface area contributed by atoms with Crippen LogP contribution in [0.1, 0.15) is 77.8 Å². The summed E-state index contributed by atoms with van der Waals surface area (Å²) in [6.07, 6.45) is 3.91.